The predicted molar refractivity (Wildman–Crippen MR) is 101 cm³/mol. The monoisotopic (exact) mass is 410 g/mol. The van der Waals surface area contributed by atoms with Crippen LogP contribution >= 0.6 is 11.3 Å². The van der Waals surface area contributed by atoms with Gasteiger partial charge in [-0.2, -0.15) is 0 Å². The quantitative estimate of drug-likeness (QED) is 0.754. The minimum Gasteiger partial charge on any atom is -0.453 e. The summed E-state index contributed by atoms with van der Waals surface area (Å²) in [5.41, 5.74) is 0.766. The fourth-order valence-electron chi connectivity index (χ4n) is 2.13. The Morgan fingerprint density at radius 3 is 2.37 bits per heavy atom. The summed E-state index contributed by atoms with van der Waals surface area (Å²) in [6, 6.07) is 7.54. The molecule has 0 spiro atoms. The van der Waals surface area contributed by atoms with Gasteiger partial charge in [-0.05, 0) is 29.1 Å². The molecule has 0 radical (unpaired) electrons. The van der Waals surface area contributed by atoms with Crippen LogP contribution in [0.1, 0.15) is 22.8 Å². The number of thiophene rings is 1. The summed E-state index contributed by atoms with van der Waals surface area (Å²) in [6.45, 7) is 1.56. The van der Waals surface area contributed by atoms with Crippen molar-refractivity contribution >= 4 is 44.1 Å². The van der Waals surface area contributed by atoms with E-state index >= 15 is 0 Å². The summed E-state index contributed by atoms with van der Waals surface area (Å²) in [5.74, 6) is -1.06. The van der Waals surface area contributed by atoms with Gasteiger partial charge in [-0.25, -0.2) is 13.2 Å². The number of methoxy groups -OCH3 is 1. The molecule has 2 rings (SSSR count). The van der Waals surface area contributed by atoms with Crippen LogP contribution in [0.3, 0.4) is 0 Å². The van der Waals surface area contributed by atoms with E-state index < -0.39 is 21.8 Å². The first-order valence-corrected chi connectivity index (χ1v) is 10.4. The Hall–Kier alpha value is -2.72. The van der Waals surface area contributed by atoms with Gasteiger partial charge in [0.1, 0.15) is 5.00 Å². The van der Waals surface area contributed by atoms with Crippen molar-refractivity contribution in [3.05, 3.63) is 46.8 Å². The third-order valence-corrected chi connectivity index (χ3v) is 6.17. The van der Waals surface area contributed by atoms with E-state index in [9.17, 15) is 22.8 Å². The Morgan fingerprint density at radius 1 is 1.11 bits per heavy atom. The lowest BCUT2D eigenvalue weighted by Gasteiger charge is -2.07. The van der Waals surface area contributed by atoms with Gasteiger partial charge in [-0.1, -0.05) is 19.1 Å². The van der Waals surface area contributed by atoms with Gasteiger partial charge >= 0.3 is 6.09 Å². The summed E-state index contributed by atoms with van der Waals surface area (Å²) < 4.78 is 28.0. The van der Waals surface area contributed by atoms with Gasteiger partial charge in [-0.3, -0.25) is 14.9 Å². The number of carbonyl (C=O) groups is 3. The van der Waals surface area contributed by atoms with Gasteiger partial charge in [0.05, 0.1) is 29.7 Å². The lowest BCUT2D eigenvalue weighted by Crippen LogP contribution is -2.30. The number of amides is 3. The van der Waals surface area contributed by atoms with Crippen molar-refractivity contribution in [1.82, 2.24) is 5.32 Å². The molecule has 0 aliphatic carbocycles. The smallest absolute Gasteiger partial charge is 0.413 e. The van der Waals surface area contributed by atoms with Gasteiger partial charge < -0.3 is 10.1 Å². The Balaban J connectivity index is 2.04. The molecule has 8 nitrogen and oxygen atoms in total. The molecule has 0 atom stereocenters. The molecule has 0 fully saturated rings. The van der Waals surface area contributed by atoms with Crippen LogP contribution < -0.4 is 10.6 Å². The third-order valence-electron chi connectivity index (χ3n) is 3.59. The minimum atomic E-state index is -3.29. The molecule has 3 amide bonds. The van der Waals surface area contributed by atoms with Crippen LogP contribution in [-0.4, -0.2) is 39.2 Å². The Kier molecular flexibility index (Phi) is 6.70. The summed E-state index contributed by atoms with van der Waals surface area (Å²) in [4.78, 5) is 35.5. The molecule has 2 aromatic rings. The lowest BCUT2D eigenvalue weighted by molar-refractivity contribution is -0.115. The number of benzene rings is 1. The molecule has 0 aliphatic heterocycles. The topological polar surface area (TPSA) is 119 Å². The number of hydrogen-bond acceptors (Lipinski definition) is 7. The maximum Gasteiger partial charge on any atom is 0.413 e. The zero-order valence-electron chi connectivity index (χ0n) is 14.6. The molecule has 10 heteroatoms. The second-order valence-electron chi connectivity index (χ2n) is 5.38. The van der Waals surface area contributed by atoms with E-state index in [2.05, 4.69) is 10.1 Å². The van der Waals surface area contributed by atoms with Crippen molar-refractivity contribution in [2.24, 2.45) is 0 Å². The highest BCUT2D eigenvalue weighted by molar-refractivity contribution is 7.91. The number of imide groups is 1. The van der Waals surface area contributed by atoms with Crippen LogP contribution in [0.4, 0.5) is 9.80 Å². The number of ether oxygens (including phenoxy) is 1. The summed E-state index contributed by atoms with van der Waals surface area (Å²) >= 11 is 1.14. The summed E-state index contributed by atoms with van der Waals surface area (Å²) in [5, 5.41) is 6.54. The molecular weight excluding hydrogens is 392 g/mol. The van der Waals surface area contributed by atoms with Crippen LogP contribution in [0, 0.1) is 0 Å². The third kappa shape index (κ3) is 5.38. The van der Waals surface area contributed by atoms with Crippen LogP contribution in [0.2, 0.25) is 0 Å². The van der Waals surface area contributed by atoms with Crippen LogP contribution in [0.5, 0.6) is 0 Å². The van der Waals surface area contributed by atoms with Crippen molar-refractivity contribution in [3.8, 4) is 0 Å². The fraction of sp³-hybridized carbons (Fsp3) is 0.235. The number of carbonyl (C=O) groups excluding carboxylic acids is 3. The SMILES string of the molecule is CCS(=O)(=O)c1ccc(CC(=O)Nc2sccc2C(=O)NC(=O)OC)cc1. The van der Waals surface area contributed by atoms with Crippen LogP contribution in [0.15, 0.2) is 40.6 Å². The van der Waals surface area contributed by atoms with Gasteiger partial charge in [0.25, 0.3) is 5.91 Å². The largest absolute Gasteiger partial charge is 0.453 e. The van der Waals surface area contributed by atoms with E-state index in [-0.39, 0.29) is 28.5 Å². The van der Waals surface area contributed by atoms with Crippen LogP contribution in [-0.2, 0) is 25.8 Å². The highest BCUT2D eigenvalue weighted by Crippen LogP contribution is 2.23. The molecule has 27 heavy (non-hydrogen) atoms. The standard InChI is InChI=1S/C17H18N2O6S2/c1-3-27(23,24)12-6-4-11(5-7-12)10-14(20)18-16-13(8-9-26-16)15(21)19-17(22)25-2/h4-9H,3,10H2,1-2H3,(H,18,20)(H,19,21,22). The summed E-state index contributed by atoms with van der Waals surface area (Å²) in [7, 11) is -2.16. The number of rotatable bonds is 6. The van der Waals surface area contributed by atoms with Crippen molar-refractivity contribution in [1.29, 1.82) is 0 Å². The Bertz CT molecular complexity index is 948. The van der Waals surface area contributed by atoms with Gasteiger partial charge in [0, 0.05) is 0 Å². The van der Waals surface area contributed by atoms with E-state index in [0.29, 0.717) is 10.6 Å². The Morgan fingerprint density at radius 2 is 1.78 bits per heavy atom. The maximum atomic E-state index is 12.2. The molecule has 0 aliphatic rings. The van der Waals surface area contributed by atoms with E-state index in [0.717, 1.165) is 18.4 Å². The van der Waals surface area contributed by atoms with E-state index in [1.54, 1.807) is 24.4 Å². The Labute approximate surface area is 160 Å². The normalized spacial score (nSPS) is 10.9. The number of alkyl carbamates (subject to hydrolysis) is 1. The van der Waals surface area contributed by atoms with Gasteiger partial charge in [0.15, 0.2) is 9.84 Å². The molecule has 1 heterocycles. The molecule has 0 saturated heterocycles. The second kappa shape index (κ2) is 8.78. The molecular formula is C17H18N2O6S2. The molecule has 144 valence electrons. The van der Waals surface area contributed by atoms with Gasteiger partial charge in [0.2, 0.25) is 5.91 Å². The number of sulfone groups is 1. The lowest BCUT2D eigenvalue weighted by atomic mass is 10.1. The maximum absolute atomic E-state index is 12.2. The zero-order valence-corrected chi connectivity index (χ0v) is 16.3. The number of hydrogen-bond donors (Lipinski definition) is 2. The van der Waals surface area contributed by atoms with Crippen molar-refractivity contribution < 1.29 is 27.5 Å². The van der Waals surface area contributed by atoms with Crippen molar-refractivity contribution in [3.63, 3.8) is 0 Å². The first-order chi connectivity index (χ1) is 12.8. The molecule has 2 N–H and O–H groups in total. The molecule has 0 saturated carbocycles. The first kappa shape index (κ1) is 20.6. The zero-order chi connectivity index (χ0) is 20.0. The average molecular weight is 410 g/mol. The van der Waals surface area contributed by atoms with Crippen molar-refractivity contribution in [2.45, 2.75) is 18.2 Å². The average Bonchev–Trinajstić information content (AvgIpc) is 3.10. The molecule has 0 bridgehead atoms. The highest BCUT2D eigenvalue weighted by Gasteiger charge is 2.18. The molecule has 1 aromatic heterocycles. The van der Waals surface area contributed by atoms with E-state index in [1.807, 2.05) is 5.32 Å². The second-order valence-corrected chi connectivity index (χ2v) is 8.58. The fourth-order valence-corrected chi connectivity index (χ4v) is 3.82. The minimum absolute atomic E-state index is 0.00161. The van der Waals surface area contributed by atoms with Gasteiger partial charge in [-0.15, -0.1) is 11.3 Å². The van der Waals surface area contributed by atoms with E-state index in [4.69, 9.17) is 0 Å². The molecule has 0 unspecified atom stereocenters. The number of anilines is 1. The number of nitrogens with one attached hydrogen (secondary N) is 2. The predicted octanol–water partition coefficient (Wildman–Crippen LogP) is 2.22. The molecule has 1 aromatic carbocycles. The van der Waals surface area contributed by atoms with Crippen LogP contribution in [0.25, 0.3) is 0 Å². The summed E-state index contributed by atoms with van der Waals surface area (Å²) in [6.07, 6.45) is -0.895. The van der Waals surface area contributed by atoms with E-state index in [1.165, 1.54) is 18.2 Å². The highest BCUT2D eigenvalue weighted by atomic mass is 32.2. The van der Waals surface area contributed by atoms with Crippen molar-refractivity contribution in [2.75, 3.05) is 18.2 Å². The first-order valence-electron chi connectivity index (χ1n) is 7.85.